The van der Waals surface area contributed by atoms with Crippen LogP contribution in [-0.4, -0.2) is 21.4 Å². The molecule has 5 nitrogen and oxygen atoms in total. The van der Waals surface area contributed by atoms with Crippen molar-refractivity contribution in [2.24, 2.45) is 0 Å². The monoisotopic (exact) mass is 257 g/mol. The van der Waals surface area contributed by atoms with Gasteiger partial charge >= 0.3 is 0 Å². The Kier molecular flexibility index (Phi) is 4.11. The minimum atomic E-state index is -3.77. The predicted molar refractivity (Wildman–Crippen MR) is 63.4 cm³/mol. The first-order chi connectivity index (χ1) is 7.90. The highest BCUT2D eigenvalue weighted by atomic mass is 32.2. The molecule has 1 aromatic rings. The van der Waals surface area contributed by atoms with Crippen LogP contribution in [0.2, 0.25) is 0 Å². The van der Waals surface area contributed by atoms with Crippen LogP contribution in [0.1, 0.15) is 18.9 Å². The highest BCUT2D eigenvalue weighted by molar-refractivity contribution is 7.90. The lowest BCUT2D eigenvalue weighted by molar-refractivity contribution is -0.119. The minimum Gasteiger partial charge on any atom is -0.496 e. The fourth-order valence-corrected chi connectivity index (χ4v) is 2.44. The SMILES string of the molecule is CCC(=O)NS(=O)(=O)c1ccc(OC)c(C)c1. The molecule has 0 aliphatic rings. The molecule has 6 heteroatoms. The first-order valence-electron chi connectivity index (χ1n) is 5.11. The lowest BCUT2D eigenvalue weighted by Gasteiger charge is -2.09. The van der Waals surface area contributed by atoms with Crippen molar-refractivity contribution in [1.82, 2.24) is 4.72 Å². The maximum absolute atomic E-state index is 11.8. The fraction of sp³-hybridized carbons (Fsp3) is 0.364. The fourth-order valence-electron chi connectivity index (χ4n) is 1.30. The topological polar surface area (TPSA) is 72.5 Å². The van der Waals surface area contributed by atoms with Gasteiger partial charge in [-0.2, -0.15) is 0 Å². The largest absolute Gasteiger partial charge is 0.496 e. The Labute approximate surface area is 101 Å². The molecule has 0 heterocycles. The van der Waals surface area contributed by atoms with Crippen molar-refractivity contribution < 1.29 is 17.9 Å². The second-order valence-electron chi connectivity index (χ2n) is 3.51. The molecule has 0 unspecified atom stereocenters. The molecule has 0 spiro atoms. The van der Waals surface area contributed by atoms with Crippen molar-refractivity contribution in [3.63, 3.8) is 0 Å². The summed E-state index contributed by atoms with van der Waals surface area (Å²) in [4.78, 5) is 11.1. The van der Waals surface area contributed by atoms with Gasteiger partial charge in [0.05, 0.1) is 12.0 Å². The van der Waals surface area contributed by atoms with Gasteiger partial charge < -0.3 is 4.74 Å². The minimum absolute atomic E-state index is 0.0533. The van der Waals surface area contributed by atoms with Gasteiger partial charge in [0.2, 0.25) is 5.91 Å². The van der Waals surface area contributed by atoms with Gasteiger partial charge in [0.25, 0.3) is 10.0 Å². The second-order valence-corrected chi connectivity index (χ2v) is 5.20. The van der Waals surface area contributed by atoms with Crippen molar-refractivity contribution >= 4 is 15.9 Å². The number of nitrogens with one attached hydrogen (secondary N) is 1. The summed E-state index contributed by atoms with van der Waals surface area (Å²) < 4.78 is 30.6. The molecule has 0 saturated carbocycles. The summed E-state index contributed by atoms with van der Waals surface area (Å²) in [5, 5.41) is 0. The van der Waals surface area contributed by atoms with E-state index in [0.717, 1.165) is 0 Å². The summed E-state index contributed by atoms with van der Waals surface area (Å²) in [6.45, 7) is 3.32. The van der Waals surface area contributed by atoms with Crippen LogP contribution in [0.4, 0.5) is 0 Å². The lowest BCUT2D eigenvalue weighted by Crippen LogP contribution is -2.29. The van der Waals surface area contributed by atoms with E-state index in [0.29, 0.717) is 11.3 Å². The van der Waals surface area contributed by atoms with E-state index < -0.39 is 15.9 Å². The maximum atomic E-state index is 11.8. The summed E-state index contributed by atoms with van der Waals surface area (Å²) in [5.41, 5.74) is 0.694. The molecule has 0 saturated heterocycles. The Bertz CT molecular complexity index is 522. The molecular formula is C11H15NO4S. The molecule has 0 atom stereocenters. The zero-order valence-electron chi connectivity index (χ0n) is 9.98. The molecule has 0 radical (unpaired) electrons. The van der Waals surface area contributed by atoms with E-state index in [1.807, 2.05) is 4.72 Å². The van der Waals surface area contributed by atoms with Gasteiger partial charge in [0.15, 0.2) is 0 Å². The van der Waals surface area contributed by atoms with Gasteiger partial charge in [0, 0.05) is 6.42 Å². The number of hydrogen-bond acceptors (Lipinski definition) is 4. The number of sulfonamides is 1. The molecule has 94 valence electrons. The first-order valence-corrected chi connectivity index (χ1v) is 6.59. The summed E-state index contributed by atoms with van der Waals surface area (Å²) in [5.74, 6) is 0.0734. The molecule has 1 amide bonds. The molecule has 1 aromatic carbocycles. The number of benzene rings is 1. The zero-order valence-corrected chi connectivity index (χ0v) is 10.8. The van der Waals surface area contributed by atoms with Gasteiger partial charge in [-0.05, 0) is 30.7 Å². The number of rotatable bonds is 4. The van der Waals surface area contributed by atoms with Crippen molar-refractivity contribution in [2.75, 3.05) is 7.11 Å². The number of carbonyl (C=O) groups excluding carboxylic acids is 1. The van der Waals surface area contributed by atoms with Crippen LogP contribution in [0, 0.1) is 6.92 Å². The molecule has 0 bridgehead atoms. The summed E-state index contributed by atoms with van der Waals surface area (Å²) in [6.07, 6.45) is 0.119. The normalized spacial score (nSPS) is 11.0. The number of aryl methyl sites for hydroxylation is 1. The highest BCUT2D eigenvalue weighted by Crippen LogP contribution is 2.21. The van der Waals surface area contributed by atoms with E-state index in [2.05, 4.69) is 0 Å². The van der Waals surface area contributed by atoms with Crippen LogP contribution in [0.3, 0.4) is 0 Å². The molecule has 0 aliphatic heterocycles. The smallest absolute Gasteiger partial charge is 0.264 e. The predicted octanol–water partition coefficient (Wildman–Crippen LogP) is 1.22. The van der Waals surface area contributed by atoms with Crippen LogP contribution in [-0.2, 0) is 14.8 Å². The van der Waals surface area contributed by atoms with Gasteiger partial charge in [-0.25, -0.2) is 13.1 Å². The zero-order chi connectivity index (χ0) is 13.1. The molecule has 0 fully saturated rings. The lowest BCUT2D eigenvalue weighted by atomic mass is 10.2. The van der Waals surface area contributed by atoms with Crippen molar-refractivity contribution in [3.8, 4) is 5.75 Å². The molecule has 1 N–H and O–H groups in total. The Hall–Kier alpha value is -1.56. The average Bonchev–Trinajstić information content (AvgIpc) is 2.28. The Balaban J connectivity index is 3.08. The standard InChI is InChI=1S/C11H15NO4S/c1-4-11(13)12-17(14,15)9-5-6-10(16-3)8(2)7-9/h5-7H,4H2,1-3H3,(H,12,13). The van der Waals surface area contributed by atoms with Gasteiger partial charge in [-0.15, -0.1) is 0 Å². The van der Waals surface area contributed by atoms with E-state index in [4.69, 9.17) is 4.74 Å². The average molecular weight is 257 g/mol. The maximum Gasteiger partial charge on any atom is 0.264 e. The second kappa shape index (κ2) is 5.18. The molecular weight excluding hydrogens is 242 g/mol. The summed E-state index contributed by atoms with van der Waals surface area (Å²) in [7, 11) is -2.26. The van der Waals surface area contributed by atoms with Gasteiger partial charge in [-0.3, -0.25) is 4.79 Å². The van der Waals surface area contributed by atoms with E-state index in [-0.39, 0.29) is 11.3 Å². The molecule has 0 aliphatic carbocycles. The van der Waals surface area contributed by atoms with E-state index in [9.17, 15) is 13.2 Å². The molecule has 17 heavy (non-hydrogen) atoms. The van der Waals surface area contributed by atoms with Gasteiger partial charge in [0.1, 0.15) is 5.75 Å². The number of amides is 1. The molecule has 0 aromatic heterocycles. The Morgan fingerprint density at radius 1 is 1.41 bits per heavy atom. The number of hydrogen-bond donors (Lipinski definition) is 1. The van der Waals surface area contributed by atoms with Crippen molar-refractivity contribution in [3.05, 3.63) is 23.8 Å². The Morgan fingerprint density at radius 2 is 2.06 bits per heavy atom. The number of ether oxygens (including phenoxy) is 1. The van der Waals surface area contributed by atoms with Crippen molar-refractivity contribution in [2.45, 2.75) is 25.2 Å². The third-order valence-electron chi connectivity index (χ3n) is 2.25. The third-order valence-corrected chi connectivity index (χ3v) is 3.62. The summed E-state index contributed by atoms with van der Waals surface area (Å²) >= 11 is 0. The van der Waals surface area contributed by atoms with E-state index >= 15 is 0 Å². The van der Waals surface area contributed by atoms with Crippen LogP contribution < -0.4 is 9.46 Å². The van der Waals surface area contributed by atoms with E-state index in [1.165, 1.54) is 19.2 Å². The van der Waals surface area contributed by atoms with Crippen LogP contribution in [0.15, 0.2) is 23.1 Å². The third kappa shape index (κ3) is 3.20. The van der Waals surface area contributed by atoms with Gasteiger partial charge in [-0.1, -0.05) is 6.92 Å². The van der Waals surface area contributed by atoms with E-state index in [1.54, 1.807) is 19.9 Å². The summed E-state index contributed by atoms with van der Waals surface area (Å²) in [6, 6.07) is 4.42. The number of carbonyl (C=O) groups is 1. The number of methoxy groups -OCH3 is 1. The van der Waals surface area contributed by atoms with Crippen molar-refractivity contribution in [1.29, 1.82) is 0 Å². The Morgan fingerprint density at radius 3 is 2.53 bits per heavy atom. The van der Waals surface area contributed by atoms with Crippen LogP contribution in [0.25, 0.3) is 0 Å². The molecule has 1 rings (SSSR count). The quantitative estimate of drug-likeness (QED) is 0.880. The van der Waals surface area contributed by atoms with Crippen LogP contribution in [0.5, 0.6) is 5.75 Å². The first kappa shape index (κ1) is 13.5. The highest BCUT2D eigenvalue weighted by Gasteiger charge is 2.17. The van der Waals surface area contributed by atoms with Crippen LogP contribution >= 0.6 is 0 Å².